The number of hydrogen-bond donors (Lipinski definition) is 3. The molecule has 0 aromatic carbocycles. The van der Waals surface area contributed by atoms with Crippen LogP contribution < -0.4 is 5.73 Å². The van der Waals surface area contributed by atoms with Gasteiger partial charge in [0.15, 0.2) is 0 Å². The summed E-state index contributed by atoms with van der Waals surface area (Å²) in [7, 11) is 1.61. The number of ether oxygens (including phenoxy) is 3. The fraction of sp³-hybridized carbons (Fsp3) is 0.885. The number of esters is 1. The first-order valence-corrected chi connectivity index (χ1v) is 13.4. The van der Waals surface area contributed by atoms with E-state index in [1.165, 1.54) is 4.90 Å². The molecule has 3 rings (SSSR count). The van der Waals surface area contributed by atoms with Crippen molar-refractivity contribution in [2.45, 2.75) is 115 Å². The van der Waals surface area contributed by atoms with Gasteiger partial charge in [-0.05, 0) is 76.5 Å². The minimum Gasteiger partial charge on any atom is -0.461 e. The van der Waals surface area contributed by atoms with E-state index in [0.29, 0.717) is 38.0 Å². The lowest BCUT2D eigenvalue weighted by atomic mass is 9.79. The number of rotatable bonds is 8. The summed E-state index contributed by atoms with van der Waals surface area (Å²) < 4.78 is 16.5. The minimum atomic E-state index is -2.30. The van der Waals surface area contributed by atoms with E-state index in [0.717, 1.165) is 25.7 Å². The van der Waals surface area contributed by atoms with Gasteiger partial charge in [0.1, 0.15) is 18.4 Å². The zero-order chi connectivity index (χ0) is 26.6. The van der Waals surface area contributed by atoms with Crippen molar-refractivity contribution in [1.82, 2.24) is 4.90 Å². The van der Waals surface area contributed by atoms with Gasteiger partial charge in [-0.1, -0.05) is 13.8 Å². The van der Waals surface area contributed by atoms with E-state index in [-0.39, 0.29) is 24.7 Å². The topological polar surface area (TPSA) is 149 Å². The molecule has 3 aliphatic rings. The number of methoxy groups -OCH3 is 1. The molecule has 2 aliphatic heterocycles. The molecule has 2 heterocycles. The van der Waals surface area contributed by atoms with Gasteiger partial charge in [-0.15, -0.1) is 0 Å². The lowest BCUT2D eigenvalue weighted by Crippen LogP contribution is -2.61. The second-order valence-electron chi connectivity index (χ2n) is 11.0. The van der Waals surface area contributed by atoms with Crippen LogP contribution in [-0.4, -0.2) is 82.8 Å². The van der Waals surface area contributed by atoms with Crippen LogP contribution in [0.4, 0.5) is 0 Å². The highest BCUT2D eigenvalue weighted by atomic mass is 16.6. The van der Waals surface area contributed by atoms with E-state index in [1.54, 1.807) is 14.0 Å². The molecule has 1 aliphatic carbocycles. The number of Topliss-reactive ketones (excluding diaryl/α,β-unsaturated/α-hetero) is 1. The molecule has 36 heavy (non-hydrogen) atoms. The van der Waals surface area contributed by atoms with Gasteiger partial charge >= 0.3 is 5.97 Å². The van der Waals surface area contributed by atoms with Crippen molar-refractivity contribution in [1.29, 1.82) is 0 Å². The van der Waals surface area contributed by atoms with Crippen molar-refractivity contribution < 1.29 is 38.8 Å². The Labute approximate surface area is 213 Å². The van der Waals surface area contributed by atoms with E-state index in [4.69, 9.17) is 19.9 Å². The fourth-order valence-electron chi connectivity index (χ4n) is 5.75. The highest BCUT2D eigenvalue weighted by Gasteiger charge is 2.52. The Morgan fingerprint density at radius 3 is 2.56 bits per heavy atom. The number of aliphatic hydroxyl groups is 2. The Hall–Kier alpha value is -1.59. The molecular formula is C26H44N2O8. The molecule has 0 radical (unpaired) electrons. The molecule has 10 nitrogen and oxygen atoms in total. The summed E-state index contributed by atoms with van der Waals surface area (Å²) in [5, 5.41) is 20.9. The number of likely N-dealkylation sites (tertiary alicyclic amines) is 1. The molecule has 0 aromatic heterocycles. The first kappa shape index (κ1) is 29.0. The van der Waals surface area contributed by atoms with E-state index >= 15 is 0 Å². The van der Waals surface area contributed by atoms with Crippen LogP contribution in [-0.2, 0) is 28.6 Å². The number of amides is 1. The number of carbonyl (C=O) groups is 3. The Bertz CT molecular complexity index is 794. The molecule has 1 saturated carbocycles. The molecule has 0 aromatic rings. The van der Waals surface area contributed by atoms with Crippen molar-refractivity contribution in [2.75, 3.05) is 13.7 Å². The predicted molar refractivity (Wildman–Crippen MR) is 130 cm³/mol. The zero-order valence-corrected chi connectivity index (χ0v) is 22.1. The van der Waals surface area contributed by atoms with Crippen LogP contribution >= 0.6 is 0 Å². The SMILES string of the molecule is COC1CC(CC(C)C(C)OC(=O)C2CCCCN2C(=O)C(=O)C2(O)OC(N)CCC2C)CCC1O. The van der Waals surface area contributed by atoms with Crippen molar-refractivity contribution in [3.05, 3.63) is 0 Å². The normalized spacial score (nSPS) is 37.1. The van der Waals surface area contributed by atoms with Crippen LogP contribution in [0.25, 0.3) is 0 Å². The first-order valence-electron chi connectivity index (χ1n) is 13.4. The maximum Gasteiger partial charge on any atom is 0.329 e. The first-order chi connectivity index (χ1) is 17.0. The van der Waals surface area contributed by atoms with Gasteiger partial charge in [0.25, 0.3) is 11.7 Å². The molecule has 0 spiro atoms. The summed E-state index contributed by atoms with van der Waals surface area (Å²) >= 11 is 0. The van der Waals surface area contributed by atoms with Crippen LogP contribution in [0.15, 0.2) is 0 Å². The van der Waals surface area contributed by atoms with E-state index in [9.17, 15) is 24.6 Å². The average molecular weight is 513 g/mol. The van der Waals surface area contributed by atoms with Gasteiger partial charge in [0.2, 0.25) is 5.79 Å². The fourth-order valence-corrected chi connectivity index (χ4v) is 5.75. The number of nitrogens with two attached hydrogens (primary N) is 1. The third kappa shape index (κ3) is 6.45. The third-order valence-corrected chi connectivity index (χ3v) is 8.42. The molecular weight excluding hydrogens is 468 g/mol. The van der Waals surface area contributed by atoms with Crippen LogP contribution in [0.3, 0.4) is 0 Å². The van der Waals surface area contributed by atoms with Gasteiger partial charge in [0.05, 0.1) is 12.2 Å². The zero-order valence-electron chi connectivity index (χ0n) is 22.1. The molecule has 206 valence electrons. The molecule has 9 atom stereocenters. The minimum absolute atomic E-state index is 0.0692. The van der Waals surface area contributed by atoms with Crippen molar-refractivity contribution in [3.8, 4) is 0 Å². The number of ketones is 1. The summed E-state index contributed by atoms with van der Waals surface area (Å²) in [5.41, 5.74) is 5.78. The second-order valence-corrected chi connectivity index (χ2v) is 11.0. The average Bonchev–Trinajstić information content (AvgIpc) is 2.86. The lowest BCUT2D eigenvalue weighted by Gasteiger charge is -2.41. The van der Waals surface area contributed by atoms with E-state index < -0.39 is 47.7 Å². The molecule has 4 N–H and O–H groups in total. The number of aliphatic hydroxyl groups excluding tert-OH is 1. The molecule has 3 fully saturated rings. The molecule has 0 bridgehead atoms. The van der Waals surface area contributed by atoms with Gasteiger partial charge in [0, 0.05) is 19.6 Å². The molecule has 10 heteroatoms. The van der Waals surface area contributed by atoms with Gasteiger partial charge in [-0.3, -0.25) is 9.59 Å². The standard InChI is InChI=1S/C26H44N2O8/c1-15(13-18-9-10-20(29)21(14-18)34-4)17(3)35-25(32)19-7-5-6-12-28(19)24(31)23(30)26(33)16(2)8-11-22(27)36-26/h15-22,29,33H,5-14,27H2,1-4H3. The monoisotopic (exact) mass is 512 g/mol. The van der Waals surface area contributed by atoms with E-state index in [2.05, 4.69) is 0 Å². The maximum atomic E-state index is 13.2. The number of carbonyl (C=O) groups excluding carboxylic acids is 3. The second kappa shape index (κ2) is 12.3. The number of hydrogen-bond acceptors (Lipinski definition) is 9. The van der Waals surface area contributed by atoms with Crippen molar-refractivity contribution >= 4 is 17.7 Å². The van der Waals surface area contributed by atoms with Crippen LogP contribution in [0.5, 0.6) is 0 Å². The summed E-state index contributed by atoms with van der Waals surface area (Å²) in [4.78, 5) is 40.7. The maximum absolute atomic E-state index is 13.2. The summed E-state index contributed by atoms with van der Waals surface area (Å²) in [6.45, 7) is 5.74. The summed E-state index contributed by atoms with van der Waals surface area (Å²) in [5.74, 6) is -5.01. The predicted octanol–water partition coefficient (Wildman–Crippen LogP) is 1.49. The summed E-state index contributed by atoms with van der Waals surface area (Å²) in [6.07, 6.45) is 4.05. The third-order valence-electron chi connectivity index (χ3n) is 8.42. The van der Waals surface area contributed by atoms with Gasteiger partial charge in [-0.25, -0.2) is 4.79 Å². The molecule has 1 amide bonds. The highest BCUT2D eigenvalue weighted by molar-refractivity contribution is 6.39. The quantitative estimate of drug-likeness (QED) is 0.325. The lowest BCUT2D eigenvalue weighted by molar-refractivity contribution is -0.261. The Morgan fingerprint density at radius 1 is 1.14 bits per heavy atom. The van der Waals surface area contributed by atoms with Crippen molar-refractivity contribution in [2.24, 2.45) is 23.5 Å². The smallest absolute Gasteiger partial charge is 0.329 e. The largest absolute Gasteiger partial charge is 0.461 e. The van der Waals surface area contributed by atoms with Crippen LogP contribution in [0.2, 0.25) is 0 Å². The van der Waals surface area contributed by atoms with Crippen LogP contribution in [0, 0.1) is 17.8 Å². The van der Waals surface area contributed by atoms with Gasteiger partial charge < -0.3 is 35.1 Å². The Kier molecular flexibility index (Phi) is 9.90. The van der Waals surface area contributed by atoms with Crippen LogP contribution in [0.1, 0.15) is 78.6 Å². The van der Waals surface area contributed by atoms with E-state index in [1.807, 2.05) is 13.8 Å². The Balaban J connectivity index is 1.61. The number of nitrogens with zero attached hydrogens (tertiary/aromatic N) is 1. The van der Waals surface area contributed by atoms with Crippen molar-refractivity contribution in [3.63, 3.8) is 0 Å². The summed E-state index contributed by atoms with van der Waals surface area (Å²) in [6, 6.07) is -0.885. The molecule has 9 unspecified atom stereocenters. The number of piperidine rings is 1. The highest BCUT2D eigenvalue weighted by Crippen LogP contribution is 2.34. The molecule has 2 saturated heterocycles. The Morgan fingerprint density at radius 2 is 1.86 bits per heavy atom. The van der Waals surface area contributed by atoms with Gasteiger partial charge in [-0.2, -0.15) is 0 Å².